The van der Waals surface area contributed by atoms with Gasteiger partial charge in [0.2, 0.25) is 0 Å². The van der Waals surface area contributed by atoms with Crippen LogP contribution >= 0.6 is 11.3 Å². The number of hydrogen-bond acceptors (Lipinski definition) is 5. The molecule has 0 saturated carbocycles. The maximum atomic E-state index is 7.40. The standard InChI is InChI=1S/C21H19N5OS/c1-13-7-16(5-6-27-13)26-20(9-15-11-28-12-24-15)25-19-10-23-18-4-3-14(22-2)8-17(18)21(19)26/h3-4,8,10-13,16H,5-7,9H2,1H3/t13-,16-/m1/s1. The van der Waals surface area contributed by atoms with E-state index in [1.807, 2.05) is 29.9 Å². The smallest absolute Gasteiger partial charge is 0.188 e. The number of nitrogens with zero attached hydrogens (tertiary/aromatic N) is 5. The molecule has 0 spiro atoms. The first-order valence-electron chi connectivity index (χ1n) is 9.38. The van der Waals surface area contributed by atoms with E-state index >= 15 is 0 Å². The lowest BCUT2D eigenvalue weighted by atomic mass is 10.0. The van der Waals surface area contributed by atoms with Crippen molar-refractivity contribution in [2.24, 2.45) is 0 Å². The van der Waals surface area contributed by atoms with Gasteiger partial charge in [0.25, 0.3) is 0 Å². The first kappa shape index (κ1) is 17.3. The Morgan fingerprint density at radius 1 is 1.32 bits per heavy atom. The summed E-state index contributed by atoms with van der Waals surface area (Å²) < 4.78 is 8.16. The van der Waals surface area contributed by atoms with Gasteiger partial charge in [-0.25, -0.2) is 14.8 Å². The predicted octanol–water partition coefficient (Wildman–Crippen LogP) is 4.92. The Bertz CT molecular complexity index is 1190. The molecule has 1 aliphatic heterocycles. The SMILES string of the molecule is [C-]#[N+]c1ccc2ncc3nc(Cc4cscn4)n([C@@H]4CCO[C@H](C)C4)c3c2c1. The summed E-state index contributed by atoms with van der Waals surface area (Å²) in [5.74, 6) is 1.00. The molecule has 1 aliphatic rings. The summed E-state index contributed by atoms with van der Waals surface area (Å²) in [4.78, 5) is 17.6. The summed E-state index contributed by atoms with van der Waals surface area (Å²) in [6.45, 7) is 10.3. The molecule has 1 aromatic carbocycles. The third-order valence-electron chi connectivity index (χ3n) is 5.35. The molecule has 0 unspecified atom stereocenters. The molecule has 1 fully saturated rings. The lowest BCUT2D eigenvalue weighted by molar-refractivity contribution is 0.00631. The molecule has 5 rings (SSSR count). The number of aromatic nitrogens is 4. The summed E-state index contributed by atoms with van der Waals surface area (Å²) >= 11 is 1.60. The fourth-order valence-corrected chi connectivity index (χ4v) is 4.65. The van der Waals surface area contributed by atoms with Crippen LogP contribution in [0.25, 0.3) is 26.8 Å². The largest absolute Gasteiger partial charge is 0.378 e. The van der Waals surface area contributed by atoms with Crippen molar-refractivity contribution in [3.8, 4) is 0 Å². The molecule has 2 atom stereocenters. The van der Waals surface area contributed by atoms with Gasteiger partial charge in [0.05, 0.1) is 41.1 Å². The number of imidazole rings is 1. The molecule has 4 aromatic rings. The zero-order valence-electron chi connectivity index (χ0n) is 15.5. The van der Waals surface area contributed by atoms with E-state index in [-0.39, 0.29) is 6.10 Å². The van der Waals surface area contributed by atoms with Crippen molar-refractivity contribution in [2.75, 3.05) is 6.61 Å². The van der Waals surface area contributed by atoms with Crippen LogP contribution < -0.4 is 0 Å². The molecular weight excluding hydrogens is 370 g/mol. The van der Waals surface area contributed by atoms with Gasteiger partial charge in [0.15, 0.2) is 5.69 Å². The van der Waals surface area contributed by atoms with Crippen molar-refractivity contribution >= 4 is 39.0 Å². The lowest BCUT2D eigenvalue weighted by Gasteiger charge is -2.30. The molecule has 4 heterocycles. The minimum atomic E-state index is 0.218. The molecule has 1 saturated heterocycles. The Hall–Kier alpha value is -2.82. The average molecular weight is 389 g/mol. The summed E-state index contributed by atoms with van der Waals surface area (Å²) in [5.41, 5.74) is 6.34. The molecule has 0 radical (unpaired) electrons. The second kappa shape index (κ2) is 6.97. The number of hydrogen-bond donors (Lipinski definition) is 0. The molecule has 0 bridgehead atoms. The minimum Gasteiger partial charge on any atom is -0.378 e. The molecule has 7 heteroatoms. The van der Waals surface area contributed by atoms with Crippen LogP contribution in [-0.2, 0) is 11.2 Å². The van der Waals surface area contributed by atoms with Gasteiger partial charge in [0.1, 0.15) is 11.3 Å². The number of fused-ring (bicyclic) bond motifs is 3. The van der Waals surface area contributed by atoms with Crippen LogP contribution in [0.2, 0.25) is 0 Å². The first-order chi connectivity index (χ1) is 13.7. The number of pyridine rings is 1. The Labute approximate surface area is 166 Å². The second-order valence-corrected chi connectivity index (χ2v) is 7.94. The first-order valence-corrected chi connectivity index (χ1v) is 10.3. The molecule has 140 valence electrons. The molecule has 0 N–H and O–H groups in total. The topological polar surface area (TPSA) is 57.2 Å². The van der Waals surface area contributed by atoms with E-state index in [0.717, 1.165) is 52.9 Å². The van der Waals surface area contributed by atoms with Gasteiger partial charge in [-0.1, -0.05) is 6.07 Å². The van der Waals surface area contributed by atoms with Gasteiger partial charge in [-0.2, -0.15) is 0 Å². The Kier molecular flexibility index (Phi) is 4.30. The van der Waals surface area contributed by atoms with Crippen molar-refractivity contribution < 1.29 is 4.74 Å². The highest BCUT2D eigenvalue weighted by atomic mass is 32.1. The molecule has 0 amide bonds. The van der Waals surface area contributed by atoms with E-state index in [0.29, 0.717) is 18.2 Å². The van der Waals surface area contributed by atoms with E-state index < -0.39 is 0 Å². The minimum absolute atomic E-state index is 0.218. The number of benzene rings is 1. The highest BCUT2D eigenvalue weighted by Gasteiger charge is 2.26. The molecule has 6 nitrogen and oxygen atoms in total. The predicted molar refractivity (Wildman–Crippen MR) is 110 cm³/mol. The third-order valence-corrected chi connectivity index (χ3v) is 5.98. The van der Waals surface area contributed by atoms with Gasteiger partial charge in [0, 0.05) is 29.8 Å². The van der Waals surface area contributed by atoms with Crippen molar-refractivity contribution in [2.45, 2.75) is 38.3 Å². The van der Waals surface area contributed by atoms with Gasteiger partial charge in [-0.3, -0.25) is 4.98 Å². The van der Waals surface area contributed by atoms with Gasteiger partial charge in [-0.15, -0.1) is 11.3 Å². The molecule has 28 heavy (non-hydrogen) atoms. The summed E-state index contributed by atoms with van der Waals surface area (Å²) in [7, 11) is 0. The Morgan fingerprint density at radius 3 is 3.04 bits per heavy atom. The quantitative estimate of drug-likeness (QED) is 0.467. The average Bonchev–Trinajstić information content (AvgIpc) is 3.35. The maximum Gasteiger partial charge on any atom is 0.188 e. The van der Waals surface area contributed by atoms with E-state index in [1.165, 1.54) is 0 Å². The highest BCUT2D eigenvalue weighted by Crippen LogP contribution is 2.35. The van der Waals surface area contributed by atoms with E-state index in [9.17, 15) is 0 Å². The van der Waals surface area contributed by atoms with Crippen molar-refractivity contribution in [1.29, 1.82) is 0 Å². The van der Waals surface area contributed by atoms with Crippen LogP contribution in [0, 0.1) is 6.57 Å². The van der Waals surface area contributed by atoms with Crippen LogP contribution in [0.5, 0.6) is 0 Å². The third kappa shape index (κ3) is 2.95. The van der Waals surface area contributed by atoms with E-state index in [4.69, 9.17) is 16.3 Å². The van der Waals surface area contributed by atoms with Crippen LogP contribution in [0.4, 0.5) is 5.69 Å². The Balaban J connectivity index is 1.77. The number of thiazole rings is 1. The monoisotopic (exact) mass is 389 g/mol. The summed E-state index contributed by atoms with van der Waals surface area (Å²) in [6, 6.07) is 5.99. The number of ether oxygens (including phenoxy) is 1. The molecular formula is C21H19N5OS. The van der Waals surface area contributed by atoms with Crippen LogP contribution in [0.1, 0.15) is 37.3 Å². The van der Waals surface area contributed by atoms with Gasteiger partial charge >= 0.3 is 0 Å². The van der Waals surface area contributed by atoms with E-state index in [2.05, 4.69) is 31.7 Å². The highest BCUT2D eigenvalue weighted by molar-refractivity contribution is 7.07. The summed E-state index contributed by atoms with van der Waals surface area (Å²) in [5, 5.41) is 3.06. The van der Waals surface area contributed by atoms with Crippen LogP contribution in [-0.4, -0.2) is 32.2 Å². The van der Waals surface area contributed by atoms with Crippen molar-refractivity contribution in [3.63, 3.8) is 0 Å². The Morgan fingerprint density at radius 2 is 2.25 bits per heavy atom. The van der Waals surface area contributed by atoms with Gasteiger partial charge < -0.3 is 9.30 Å². The maximum absolute atomic E-state index is 7.40. The van der Waals surface area contributed by atoms with Crippen LogP contribution in [0.3, 0.4) is 0 Å². The van der Waals surface area contributed by atoms with Crippen molar-refractivity contribution in [3.05, 3.63) is 58.2 Å². The van der Waals surface area contributed by atoms with Gasteiger partial charge in [-0.05, 0) is 31.9 Å². The van der Waals surface area contributed by atoms with E-state index in [1.54, 1.807) is 11.3 Å². The number of rotatable bonds is 3. The van der Waals surface area contributed by atoms with Crippen LogP contribution in [0.15, 0.2) is 35.3 Å². The normalized spacial score (nSPS) is 19.9. The lowest BCUT2D eigenvalue weighted by Crippen LogP contribution is -2.26. The zero-order chi connectivity index (χ0) is 19.1. The second-order valence-electron chi connectivity index (χ2n) is 7.22. The fourth-order valence-electron chi connectivity index (χ4n) is 4.10. The van der Waals surface area contributed by atoms with Crippen molar-refractivity contribution in [1.82, 2.24) is 19.5 Å². The summed E-state index contributed by atoms with van der Waals surface area (Å²) in [6.07, 6.45) is 4.65. The fraction of sp³-hybridized carbons (Fsp3) is 0.333. The zero-order valence-corrected chi connectivity index (χ0v) is 16.3. The molecule has 3 aromatic heterocycles. The molecule has 0 aliphatic carbocycles.